The van der Waals surface area contributed by atoms with Crippen LogP contribution in [0.4, 0.5) is 11.4 Å². The van der Waals surface area contributed by atoms with Crippen molar-refractivity contribution in [3.05, 3.63) is 223 Å². The van der Waals surface area contributed by atoms with Gasteiger partial charge >= 0.3 is 0 Å². The van der Waals surface area contributed by atoms with Crippen molar-refractivity contribution in [3.8, 4) is 33.9 Å². The van der Waals surface area contributed by atoms with Gasteiger partial charge in [0.15, 0.2) is 11.6 Å². The number of fused-ring (bicyclic) bond motifs is 3. The smallest absolute Gasteiger partial charge is 0.163 e. The number of allylic oxidation sites excluding steroid dienone is 6. The molecule has 1 aliphatic heterocycles. The average molecular weight is 721 g/mol. The Labute approximate surface area is 328 Å². The topological polar surface area (TPSA) is 41.9 Å². The maximum atomic E-state index is 5.07. The van der Waals surface area contributed by atoms with Crippen LogP contribution in [0.25, 0.3) is 45.0 Å². The number of nitrogens with zero attached hydrogens (tertiary/aromatic N) is 4. The lowest BCUT2D eigenvalue weighted by atomic mass is 9.72. The summed E-state index contributed by atoms with van der Waals surface area (Å²) in [6.45, 7) is 2.41. The zero-order valence-corrected chi connectivity index (χ0v) is 31.2. The van der Waals surface area contributed by atoms with Gasteiger partial charge in [0.05, 0.1) is 6.04 Å². The molecule has 3 unspecified atom stereocenters. The minimum absolute atomic E-state index is 0.00428. The van der Waals surface area contributed by atoms with E-state index < -0.39 is 0 Å². The normalized spacial score (nSPS) is 19.6. The Balaban J connectivity index is 1.02. The van der Waals surface area contributed by atoms with Gasteiger partial charge in [-0.1, -0.05) is 176 Å². The minimum Gasteiger partial charge on any atom is -0.333 e. The summed E-state index contributed by atoms with van der Waals surface area (Å²) < 4.78 is 0. The van der Waals surface area contributed by atoms with Gasteiger partial charge in [0.2, 0.25) is 0 Å². The number of hydrogen-bond acceptors (Lipinski definition) is 4. The predicted octanol–water partition coefficient (Wildman–Crippen LogP) is 12.4. The van der Waals surface area contributed by atoms with E-state index >= 15 is 0 Å². The second-order valence-electron chi connectivity index (χ2n) is 15.0. The summed E-state index contributed by atoms with van der Waals surface area (Å²) in [4.78, 5) is 17.6. The third-order valence-corrected chi connectivity index (χ3v) is 11.5. The highest BCUT2D eigenvalue weighted by Crippen LogP contribution is 2.55. The Morgan fingerprint density at radius 2 is 1.18 bits per heavy atom. The first-order valence-corrected chi connectivity index (χ1v) is 19.4. The van der Waals surface area contributed by atoms with Crippen LogP contribution in [0.2, 0.25) is 0 Å². The first kappa shape index (κ1) is 33.6. The molecular weight excluding hydrogens is 681 g/mol. The second kappa shape index (κ2) is 14.1. The van der Waals surface area contributed by atoms with Crippen LogP contribution in [0, 0.1) is 0 Å². The van der Waals surface area contributed by atoms with Crippen molar-refractivity contribution in [2.75, 3.05) is 4.90 Å². The molecule has 0 saturated heterocycles. The fourth-order valence-corrected chi connectivity index (χ4v) is 8.69. The van der Waals surface area contributed by atoms with E-state index in [1.165, 1.54) is 50.3 Å². The Bertz CT molecular complexity index is 2620. The van der Waals surface area contributed by atoms with Crippen molar-refractivity contribution in [2.45, 2.75) is 30.7 Å². The highest BCUT2D eigenvalue weighted by Gasteiger charge is 2.48. The summed E-state index contributed by atoms with van der Waals surface area (Å²) in [6.07, 6.45) is 14.7. The molecule has 268 valence electrons. The molecule has 6 aromatic carbocycles. The van der Waals surface area contributed by atoms with Crippen molar-refractivity contribution in [1.82, 2.24) is 15.0 Å². The SMILES string of the molecule is CC12C=CC(c3ccccc3)=CC1N(c1ccccc1)c1cccc(-c3cccc(C4=CC=CC(c5nc(-c6ccccc6)nc(-c6ccccc6)n5)C4)c3)c12. The maximum Gasteiger partial charge on any atom is 0.163 e. The van der Waals surface area contributed by atoms with Gasteiger partial charge < -0.3 is 4.90 Å². The Morgan fingerprint density at radius 1 is 0.589 bits per heavy atom. The summed E-state index contributed by atoms with van der Waals surface area (Å²) in [5.74, 6) is 2.17. The molecule has 56 heavy (non-hydrogen) atoms. The van der Waals surface area contributed by atoms with Gasteiger partial charge in [0, 0.05) is 33.8 Å². The molecule has 2 aliphatic carbocycles. The molecule has 1 aromatic heterocycles. The fourth-order valence-electron chi connectivity index (χ4n) is 8.69. The van der Waals surface area contributed by atoms with Gasteiger partial charge in [0.25, 0.3) is 0 Å². The molecular formula is C52H40N4. The molecule has 0 bridgehead atoms. The fraction of sp³-hybridized carbons (Fsp3) is 0.0962. The Hall–Kier alpha value is -6.91. The van der Waals surface area contributed by atoms with E-state index in [1.807, 2.05) is 36.4 Å². The largest absolute Gasteiger partial charge is 0.333 e. The minimum atomic E-state index is -0.250. The van der Waals surface area contributed by atoms with Gasteiger partial charge in [-0.2, -0.15) is 0 Å². The van der Waals surface area contributed by atoms with Crippen LogP contribution in [-0.4, -0.2) is 21.0 Å². The van der Waals surface area contributed by atoms with Crippen LogP contribution in [-0.2, 0) is 5.41 Å². The summed E-state index contributed by atoms with van der Waals surface area (Å²) in [5, 5.41) is 0. The molecule has 0 amide bonds. The van der Waals surface area contributed by atoms with E-state index in [-0.39, 0.29) is 17.4 Å². The molecule has 0 saturated carbocycles. The van der Waals surface area contributed by atoms with Crippen molar-refractivity contribution < 1.29 is 0 Å². The van der Waals surface area contributed by atoms with Crippen LogP contribution < -0.4 is 4.90 Å². The quantitative estimate of drug-likeness (QED) is 0.164. The first-order valence-electron chi connectivity index (χ1n) is 19.4. The lowest BCUT2D eigenvalue weighted by Gasteiger charge is -2.36. The standard InChI is InChI=1S/C52H40N4/c1-52-32-31-41(36-17-6-2-7-18-36)35-47(52)56(44-27-12-5-13-28-44)46-30-16-29-45(48(46)52)42-25-14-23-39(33-42)40-24-15-26-43(34-40)51-54-49(37-19-8-3-9-20-37)53-50(55-51)38-21-10-4-11-22-38/h2-33,35,43,47H,34H2,1H3. The van der Waals surface area contributed by atoms with Crippen LogP contribution in [0.3, 0.4) is 0 Å². The Kier molecular flexibility index (Phi) is 8.45. The van der Waals surface area contributed by atoms with Crippen LogP contribution >= 0.6 is 0 Å². The van der Waals surface area contributed by atoms with Gasteiger partial charge in [-0.15, -0.1) is 0 Å². The molecule has 0 fully saturated rings. The van der Waals surface area contributed by atoms with Gasteiger partial charge in [0.1, 0.15) is 5.82 Å². The Morgan fingerprint density at radius 3 is 1.86 bits per heavy atom. The van der Waals surface area contributed by atoms with Crippen molar-refractivity contribution in [3.63, 3.8) is 0 Å². The number of anilines is 2. The zero-order chi connectivity index (χ0) is 37.5. The van der Waals surface area contributed by atoms with E-state index in [4.69, 9.17) is 15.0 Å². The molecule has 0 spiro atoms. The molecule has 4 nitrogen and oxygen atoms in total. The average Bonchev–Trinajstić information content (AvgIpc) is 3.55. The molecule has 0 N–H and O–H groups in total. The number of para-hydroxylation sites is 1. The summed E-state index contributed by atoms with van der Waals surface area (Å²) in [6, 6.07) is 58.0. The lowest BCUT2D eigenvalue weighted by Crippen LogP contribution is -2.39. The van der Waals surface area contributed by atoms with Crippen LogP contribution in [0.5, 0.6) is 0 Å². The molecule has 0 radical (unpaired) electrons. The number of aromatic nitrogens is 3. The molecule has 4 heteroatoms. The van der Waals surface area contributed by atoms with Crippen molar-refractivity contribution >= 4 is 22.5 Å². The number of rotatable bonds is 7. The van der Waals surface area contributed by atoms with Crippen LogP contribution in [0.1, 0.15) is 41.8 Å². The second-order valence-corrected chi connectivity index (χ2v) is 15.0. The van der Waals surface area contributed by atoms with Gasteiger partial charge in [-0.3, -0.25) is 0 Å². The van der Waals surface area contributed by atoms with E-state index in [2.05, 4.69) is 176 Å². The molecule has 2 heterocycles. The monoisotopic (exact) mass is 720 g/mol. The third-order valence-electron chi connectivity index (χ3n) is 11.5. The molecule has 7 aromatic rings. The molecule has 3 atom stereocenters. The van der Waals surface area contributed by atoms with Gasteiger partial charge in [-0.25, -0.2) is 15.0 Å². The van der Waals surface area contributed by atoms with E-state index in [0.717, 1.165) is 23.4 Å². The van der Waals surface area contributed by atoms with Crippen molar-refractivity contribution in [1.29, 1.82) is 0 Å². The summed E-state index contributed by atoms with van der Waals surface area (Å²) in [7, 11) is 0. The number of hydrogen-bond donors (Lipinski definition) is 0. The van der Waals surface area contributed by atoms with Crippen LogP contribution in [0.15, 0.2) is 200 Å². The van der Waals surface area contributed by atoms with Crippen molar-refractivity contribution in [2.24, 2.45) is 0 Å². The van der Waals surface area contributed by atoms with E-state index in [9.17, 15) is 0 Å². The van der Waals surface area contributed by atoms with E-state index in [1.54, 1.807) is 0 Å². The molecule has 3 aliphatic rings. The first-order chi connectivity index (χ1) is 27.6. The summed E-state index contributed by atoms with van der Waals surface area (Å²) >= 11 is 0. The maximum absolute atomic E-state index is 5.07. The lowest BCUT2D eigenvalue weighted by molar-refractivity contribution is 0.553. The molecule has 10 rings (SSSR count). The number of benzene rings is 6. The summed E-state index contributed by atoms with van der Waals surface area (Å²) in [5.41, 5.74) is 12.9. The predicted molar refractivity (Wildman–Crippen MR) is 230 cm³/mol. The van der Waals surface area contributed by atoms with Gasteiger partial charge in [-0.05, 0) is 76.6 Å². The van der Waals surface area contributed by atoms with E-state index in [0.29, 0.717) is 11.6 Å². The zero-order valence-electron chi connectivity index (χ0n) is 31.2. The highest BCUT2D eigenvalue weighted by molar-refractivity contribution is 5.89. The third kappa shape index (κ3) is 6.00. The highest BCUT2D eigenvalue weighted by atomic mass is 15.2.